The van der Waals surface area contributed by atoms with E-state index >= 15 is 0 Å². The molecule has 0 unspecified atom stereocenters. The number of nitrogens with one attached hydrogen (secondary N) is 1. The zero-order valence-corrected chi connectivity index (χ0v) is 18.6. The topological polar surface area (TPSA) is 109 Å². The molecule has 1 aromatic heterocycles. The van der Waals surface area contributed by atoms with Crippen LogP contribution in [0.2, 0.25) is 0 Å². The second kappa shape index (κ2) is 9.79. The summed E-state index contributed by atoms with van der Waals surface area (Å²) in [5.74, 6) is -0.00201. The molecule has 0 aliphatic carbocycles. The molecule has 0 fully saturated rings. The molecule has 0 saturated carbocycles. The molecule has 1 heterocycles. The second-order valence-corrected chi connectivity index (χ2v) is 7.37. The Bertz CT molecular complexity index is 1490. The van der Waals surface area contributed by atoms with Gasteiger partial charge in [-0.1, -0.05) is 42.5 Å². The van der Waals surface area contributed by atoms with Gasteiger partial charge in [0, 0.05) is 11.1 Å². The molecule has 0 aliphatic rings. The van der Waals surface area contributed by atoms with E-state index in [0.717, 1.165) is 21.0 Å². The lowest BCUT2D eigenvalue weighted by Crippen LogP contribution is -2.31. The van der Waals surface area contributed by atoms with Gasteiger partial charge in [-0.2, -0.15) is 20.1 Å². The maximum absolute atomic E-state index is 12.9. The standard InChI is InChI=1S/C26H21N5O3/c1-3-34-21-13-11-20(12-14-21)31-26(33)23(15-27)17(2)24(30-31)25(32)29-28-16-19-9-6-8-18-7-4-5-10-22(18)19/h4-14,16H,3H2,1-2H3,(H,29,32)/b28-16+. The van der Waals surface area contributed by atoms with Crippen LogP contribution in [0.25, 0.3) is 16.5 Å². The molecule has 8 heteroatoms. The van der Waals surface area contributed by atoms with Crippen molar-refractivity contribution in [2.45, 2.75) is 13.8 Å². The molecule has 0 spiro atoms. The number of hydrazone groups is 1. The number of rotatable bonds is 6. The highest BCUT2D eigenvalue weighted by Crippen LogP contribution is 2.17. The Balaban J connectivity index is 1.66. The quantitative estimate of drug-likeness (QED) is 0.355. The summed E-state index contributed by atoms with van der Waals surface area (Å²) in [6.45, 7) is 3.88. The number of ether oxygens (including phenoxy) is 1. The number of hydrogen-bond acceptors (Lipinski definition) is 6. The zero-order valence-electron chi connectivity index (χ0n) is 18.6. The molecular weight excluding hydrogens is 430 g/mol. The first-order chi connectivity index (χ1) is 16.5. The minimum absolute atomic E-state index is 0.0693. The minimum Gasteiger partial charge on any atom is -0.494 e. The summed E-state index contributed by atoms with van der Waals surface area (Å²) in [4.78, 5) is 25.7. The predicted octanol–water partition coefficient (Wildman–Crippen LogP) is 3.73. The fraction of sp³-hybridized carbons (Fsp3) is 0.115. The normalized spacial score (nSPS) is 10.9. The highest BCUT2D eigenvalue weighted by atomic mass is 16.5. The van der Waals surface area contributed by atoms with Crippen LogP contribution in [-0.4, -0.2) is 28.5 Å². The van der Waals surface area contributed by atoms with Gasteiger partial charge < -0.3 is 4.74 Å². The van der Waals surface area contributed by atoms with E-state index in [4.69, 9.17) is 4.74 Å². The van der Waals surface area contributed by atoms with Crippen LogP contribution >= 0.6 is 0 Å². The van der Waals surface area contributed by atoms with E-state index in [9.17, 15) is 14.9 Å². The molecule has 0 aliphatic heterocycles. The van der Waals surface area contributed by atoms with Crippen LogP contribution in [-0.2, 0) is 0 Å². The first-order valence-corrected chi connectivity index (χ1v) is 10.6. The van der Waals surface area contributed by atoms with E-state index in [0.29, 0.717) is 18.0 Å². The summed E-state index contributed by atoms with van der Waals surface area (Å²) in [6, 6.07) is 22.2. The van der Waals surface area contributed by atoms with Crippen molar-refractivity contribution < 1.29 is 9.53 Å². The summed E-state index contributed by atoms with van der Waals surface area (Å²) in [5, 5.41) is 19.9. The Morgan fingerprint density at radius 1 is 1.15 bits per heavy atom. The number of aromatic nitrogens is 2. The smallest absolute Gasteiger partial charge is 0.292 e. The zero-order chi connectivity index (χ0) is 24.1. The minimum atomic E-state index is -0.634. The van der Waals surface area contributed by atoms with E-state index in [1.807, 2.05) is 55.5 Å². The number of nitriles is 1. The third-order valence-corrected chi connectivity index (χ3v) is 5.25. The molecule has 1 N–H and O–H groups in total. The maximum atomic E-state index is 12.9. The van der Waals surface area contributed by atoms with E-state index in [1.165, 1.54) is 6.92 Å². The Morgan fingerprint density at radius 3 is 2.62 bits per heavy atom. The molecule has 4 rings (SSSR count). The van der Waals surface area contributed by atoms with Gasteiger partial charge in [0.2, 0.25) is 0 Å². The number of fused-ring (bicyclic) bond motifs is 1. The molecule has 0 bridgehead atoms. The van der Waals surface area contributed by atoms with E-state index in [1.54, 1.807) is 30.5 Å². The highest BCUT2D eigenvalue weighted by Gasteiger charge is 2.20. The van der Waals surface area contributed by atoms with Crippen molar-refractivity contribution in [3.05, 3.63) is 99.5 Å². The third kappa shape index (κ3) is 4.40. The highest BCUT2D eigenvalue weighted by molar-refractivity contribution is 6.00. The van der Waals surface area contributed by atoms with Crippen LogP contribution in [0.5, 0.6) is 5.75 Å². The van der Waals surface area contributed by atoms with Gasteiger partial charge in [-0.05, 0) is 48.9 Å². The van der Waals surface area contributed by atoms with Crippen LogP contribution < -0.4 is 15.7 Å². The van der Waals surface area contributed by atoms with Crippen molar-refractivity contribution in [2.75, 3.05) is 6.61 Å². The van der Waals surface area contributed by atoms with E-state index in [2.05, 4.69) is 15.6 Å². The lowest BCUT2D eigenvalue weighted by molar-refractivity contribution is 0.0947. The van der Waals surface area contributed by atoms with E-state index in [-0.39, 0.29) is 16.8 Å². The molecule has 4 aromatic rings. The van der Waals surface area contributed by atoms with Crippen LogP contribution in [0.1, 0.15) is 34.1 Å². The van der Waals surface area contributed by atoms with Crippen LogP contribution in [0, 0.1) is 18.3 Å². The van der Waals surface area contributed by atoms with Crippen LogP contribution in [0.15, 0.2) is 76.6 Å². The van der Waals surface area contributed by atoms with Crippen molar-refractivity contribution in [1.82, 2.24) is 15.2 Å². The van der Waals surface area contributed by atoms with E-state index < -0.39 is 11.5 Å². The SMILES string of the molecule is CCOc1ccc(-n2nc(C(=O)N/N=C/c3cccc4ccccc34)c(C)c(C#N)c2=O)cc1. The summed E-state index contributed by atoms with van der Waals surface area (Å²) >= 11 is 0. The summed E-state index contributed by atoms with van der Waals surface area (Å²) in [7, 11) is 0. The van der Waals surface area contributed by atoms with Gasteiger partial charge in [0.15, 0.2) is 5.69 Å². The molecule has 8 nitrogen and oxygen atoms in total. The Hall–Kier alpha value is -4.77. The molecule has 0 atom stereocenters. The Labute approximate surface area is 195 Å². The van der Waals surface area contributed by atoms with Gasteiger partial charge in [-0.25, -0.2) is 5.43 Å². The van der Waals surface area contributed by atoms with Crippen LogP contribution in [0.4, 0.5) is 0 Å². The summed E-state index contributed by atoms with van der Waals surface area (Å²) in [6.07, 6.45) is 1.54. The monoisotopic (exact) mass is 451 g/mol. The predicted molar refractivity (Wildman–Crippen MR) is 129 cm³/mol. The summed E-state index contributed by atoms with van der Waals surface area (Å²) < 4.78 is 6.45. The number of amides is 1. The number of carbonyl (C=O) groups excluding carboxylic acids is 1. The molecule has 0 radical (unpaired) electrons. The average Bonchev–Trinajstić information content (AvgIpc) is 2.85. The van der Waals surface area contributed by atoms with Crippen LogP contribution in [0.3, 0.4) is 0 Å². The van der Waals surface area contributed by atoms with Crippen molar-refractivity contribution in [3.8, 4) is 17.5 Å². The third-order valence-electron chi connectivity index (χ3n) is 5.25. The molecule has 3 aromatic carbocycles. The van der Waals surface area contributed by atoms with Gasteiger partial charge in [0.25, 0.3) is 11.5 Å². The first-order valence-electron chi connectivity index (χ1n) is 10.6. The molecular formula is C26H21N5O3. The molecule has 1 amide bonds. The molecule has 168 valence electrons. The second-order valence-electron chi connectivity index (χ2n) is 7.37. The van der Waals surface area contributed by atoms with Gasteiger partial charge in [-0.3, -0.25) is 9.59 Å². The van der Waals surface area contributed by atoms with Gasteiger partial charge in [0.05, 0.1) is 18.5 Å². The summed E-state index contributed by atoms with van der Waals surface area (Å²) in [5.41, 5.74) is 3.03. The average molecular weight is 451 g/mol. The Morgan fingerprint density at radius 2 is 1.88 bits per heavy atom. The number of nitrogens with zero attached hydrogens (tertiary/aromatic N) is 4. The fourth-order valence-electron chi connectivity index (χ4n) is 3.55. The molecule has 34 heavy (non-hydrogen) atoms. The first kappa shape index (κ1) is 22.4. The molecule has 0 saturated heterocycles. The van der Waals surface area contributed by atoms with Gasteiger partial charge >= 0.3 is 0 Å². The lowest BCUT2D eigenvalue weighted by Gasteiger charge is -2.11. The van der Waals surface area contributed by atoms with Gasteiger partial charge in [-0.15, -0.1) is 0 Å². The number of benzene rings is 3. The lowest BCUT2D eigenvalue weighted by atomic mass is 10.1. The maximum Gasteiger partial charge on any atom is 0.292 e. The number of carbonyl (C=O) groups is 1. The van der Waals surface area contributed by atoms with Crippen molar-refractivity contribution in [2.24, 2.45) is 5.10 Å². The number of hydrogen-bond donors (Lipinski definition) is 1. The largest absolute Gasteiger partial charge is 0.494 e. The van der Waals surface area contributed by atoms with Crippen molar-refractivity contribution in [1.29, 1.82) is 5.26 Å². The Kier molecular flexibility index (Phi) is 6.46. The van der Waals surface area contributed by atoms with Crippen molar-refractivity contribution >= 4 is 22.9 Å². The van der Waals surface area contributed by atoms with Crippen molar-refractivity contribution in [3.63, 3.8) is 0 Å². The van der Waals surface area contributed by atoms with Gasteiger partial charge in [0.1, 0.15) is 17.4 Å². The fourth-order valence-corrected chi connectivity index (χ4v) is 3.55.